The summed E-state index contributed by atoms with van der Waals surface area (Å²) in [4.78, 5) is 24.0. The first kappa shape index (κ1) is 20.1. The first-order valence-electron chi connectivity index (χ1n) is 8.66. The summed E-state index contributed by atoms with van der Waals surface area (Å²) in [6.07, 6.45) is 0. The fourth-order valence-corrected chi connectivity index (χ4v) is 3.68. The molecule has 0 atom stereocenters. The number of primary amides is 1. The van der Waals surface area contributed by atoms with E-state index in [1.807, 2.05) is 6.92 Å². The molecule has 0 saturated heterocycles. The minimum absolute atomic E-state index is 0.146. The Balaban J connectivity index is 1.74. The lowest BCUT2D eigenvalue weighted by atomic mass is 10.1. The van der Waals surface area contributed by atoms with Gasteiger partial charge in [0.2, 0.25) is 0 Å². The van der Waals surface area contributed by atoms with Crippen molar-refractivity contribution in [1.29, 1.82) is 0 Å². The highest BCUT2D eigenvalue weighted by Crippen LogP contribution is 2.19. The van der Waals surface area contributed by atoms with Gasteiger partial charge in [-0.05, 0) is 55.5 Å². The second kappa shape index (κ2) is 8.15. The average molecular weight is 409 g/mol. The molecule has 148 valence electrons. The molecule has 8 heteroatoms. The van der Waals surface area contributed by atoms with Gasteiger partial charge in [-0.2, -0.15) is 0 Å². The van der Waals surface area contributed by atoms with Crippen LogP contribution in [0, 0.1) is 6.92 Å². The molecule has 3 aromatic rings. The van der Waals surface area contributed by atoms with Crippen molar-refractivity contribution in [3.63, 3.8) is 0 Å². The second-order valence-electron chi connectivity index (χ2n) is 6.36. The Labute approximate surface area is 168 Å². The quantitative estimate of drug-likeness (QED) is 0.579. The number of hydrogen-bond donors (Lipinski definition) is 3. The van der Waals surface area contributed by atoms with E-state index in [0.29, 0.717) is 16.9 Å². The summed E-state index contributed by atoms with van der Waals surface area (Å²) < 4.78 is 27.4. The van der Waals surface area contributed by atoms with E-state index in [1.165, 1.54) is 42.5 Å². The highest BCUT2D eigenvalue weighted by Gasteiger charge is 2.15. The zero-order chi connectivity index (χ0) is 21.0. The predicted molar refractivity (Wildman–Crippen MR) is 111 cm³/mol. The monoisotopic (exact) mass is 409 g/mol. The maximum atomic E-state index is 12.4. The van der Waals surface area contributed by atoms with E-state index >= 15 is 0 Å². The molecule has 0 aromatic heterocycles. The van der Waals surface area contributed by atoms with Crippen LogP contribution in [0.25, 0.3) is 0 Å². The van der Waals surface area contributed by atoms with Crippen LogP contribution in [0.2, 0.25) is 0 Å². The van der Waals surface area contributed by atoms with Crippen LogP contribution in [0.1, 0.15) is 26.3 Å². The molecule has 0 unspecified atom stereocenters. The Morgan fingerprint density at radius 2 is 1.48 bits per heavy atom. The standard InChI is InChI=1S/C21H19N3O4S/c1-14-6-12-17(13-7-14)29(27,28)24-16-10-8-15(9-11-16)21(26)23-19-5-3-2-4-18(19)20(22)25/h2-13,24H,1H3,(H2,22,25)(H,23,26). The molecule has 0 spiro atoms. The molecule has 0 aliphatic rings. The maximum Gasteiger partial charge on any atom is 0.261 e. The lowest BCUT2D eigenvalue weighted by Gasteiger charge is -2.11. The van der Waals surface area contributed by atoms with Crippen molar-refractivity contribution < 1.29 is 18.0 Å². The van der Waals surface area contributed by atoms with Crippen LogP contribution in [0.5, 0.6) is 0 Å². The highest BCUT2D eigenvalue weighted by molar-refractivity contribution is 7.92. The Bertz CT molecular complexity index is 1160. The van der Waals surface area contributed by atoms with Gasteiger partial charge in [0.25, 0.3) is 21.8 Å². The lowest BCUT2D eigenvalue weighted by Crippen LogP contribution is -2.18. The van der Waals surface area contributed by atoms with Crippen LogP contribution in [0.4, 0.5) is 11.4 Å². The summed E-state index contributed by atoms with van der Waals surface area (Å²) in [6, 6.07) is 18.8. The number of para-hydroxylation sites is 1. The molecule has 0 saturated carbocycles. The first-order chi connectivity index (χ1) is 13.8. The zero-order valence-electron chi connectivity index (χ0n) is 15.5. The molecule has 0 aliphatic carbocycles. The number of amides is 2. The Morgan fingerprint density at radius 1 is 0.862 bits per heavy atom. The molecule has 3 aromatic carbocycles. The number of carbonyl (C=O) groups excluding carboxylic acids is 2. The number of rotatable bonds is 6. The van der Waals surface area contributed by atoms with Crippen molar-refractivity contribution in [3.8, 4) is 0 Å². The summed E-state index contributed by atoms with van der Waals surface area (Å²) in [5.41, 5.74) is 7.38. The number of anilines is 2. The molecule has 4 N–H and O–H groups in total. The smallest absolute Gasteiger partial charge is 0.261 e. The molecule has 0 radical (unpaired) electrons. The highest BCUT2D eigenvalue weighted by atomic mass is 32.2. The van der Waals surface area contributed by atoms with Crippen molar-refractivity contribution in [2.45, 2.75) is 11.8 Å². The molecule has 2 amide bonds. The molecule has 0 bridgehead atoms. The van der Waals surface area contributed by atoms with Crippen LogP contribution in [0.3, 0.4) is 0 Å². The summed E-state index contributed by atoms with van der Waals surface area (Å²) in [6.45, 7) is 1.87. The minimum atomic E-state index is -3.73. The third kappa shape index (κ3) is 4.80. The Kier molecular flexibility index (Phi) is 5.65. The molecule has 0 heterocycles. The molecule has 29 heavy (non-hydrogen) atoms. The van der Waals surface area contributed by atoms with Crippen LogP contribution >= 0.6 is 0 Å². The van der Waals surface area contributed by atoms with E-state index in [1.54, 1.807) is 30.3 Å². The lowest BCUT2D eigenvalue weighted by molar-refractivity contribution is 0.100. The first-order valence-corrected chi connectivity index (χ1v) is 10.1. The van der Waals surface area contributed by atoms with Gasteiger partial charge in [-0.15, -0.1) is 0 Å². The Hall–Kier alpha value is -3.65. The van der Waals surface area contributed by atoms with E-state index in [-0.39, 0.29) is 10.5 Å². The van der Waals surface area contributed by atoms with E-state index in [4.69, 9.17) is 5.73 Å². The van der Waals surface area contributed by atoms with E-state index in [9.17, 15) is 18.0 Å². The maximum absolute atomic E-state index is 12.4. The molecule has 0 fully saturated rings. The van der Waals surface area contributed by atoms with Crippen molar-refractivity contribution in [1.82, 2.24) is 0 Å². The van der Waals surface area contributed by atoms with Gasteiger partial charge in [-0.1, -0.05) is 29.8 Å². The molecule has 0 aliphatic heterocycles. The van der Waals surface area contributed by atoms with Gasteiger partial charge in [0.15, 0.2) is 0 Å². The van der Waals surface area contributed by atoms with E-state index in [0.717, 1.165) is 5.56 Å². The van der Waals surface area contributed by atoms with Gasteiger partial charge in [-0.3, -0.25) is 14.3 Å². The minimum Gasteiger partial charge on any atom is -0.366 e. The predicted octanol–water partition coefficient (Wildman–Crippen LogP) is 3.15. The molecule has 3 rings (SSSR count). The largest absolute Gasteiger partial charge is 0.366 e. The average Bonchev–Trinajstić information content (AvgIpc) is 2.69. The van der Waals surface area contributed by atoms with Crippen LogP contribution < -0.4 is 15.8 Å². The molecular weight excluding hydrogens is 390 g/mol. The van der Waals surface area contributed by atoms with Crippen LogP contribution in [0.15, 0.2) is 77.7 Å². The normalized spacial score (nSPS) is 10.9. The summed E-state index contributed by atoms with van der Waals surface area (Å²) >= 11 is 0. The van der Waals surface area contributed by atoms with Gasteiger partial charge >= 0.3 is 0 Å². The summed E-state index contributed by atoms with van der Waals surface area (Å²) in [5.74, 6) is -1.10. The molecular formula is C21H19N3O4S. The van der Waals surface area contributed by atoms with Gasteiger partial charge < -0.3 is 11.1 Å². The topological polar surface area (TPSA) is 118 Å². The van der Waals surface area contributed by atoms with Gasteiger partial charge in [0.1, 0.15) is 0 Å². The van der Waals surface area contributed by atoms with E-state index < -0.39 is 21.8 Å². The van der Waals surface area contributed by atoms with Crippen LogP contribution in [-0.2, 0) is 10.0 Å². The summed E-state index contributed by atoms with van der Waals surface area (Å²) in [7, 11) is -3.73. The second-order valence-corrected chi connectivity index (χ2v) is 8.04. The van der Waals surface area contributed by atoms with Crippen molar-refractivity contribution >= 4 is 33.2 Å². The SMILES string of the molecule is Cc1ccc(S(=O)(=O)Nc2ccc(C(=O)Nc3ccccc3C(N)=O)cc2)cc1. The van der Waals surface area contributed by atoms with Crippen molar-refractivity contribution in [2.75, 3.05) is 10.0 Å². The molecule has 7 nitrogen and oxygen atoms in total. The number of nitrogens with one attached hydrogen (secondary N) is 2. The zero-order valence-corrected chi connectivity index (χ0v) is 16.4. The number of carbonyl (C=O) groups is 2. The Morgan fingerprint density at radius 3 is 2.10 bits per heavy atom. The number of sulfonamides is 1. The number of benzene rings is 3. The fourth-order valence-electron chi connectivity index (χ4n) is 2.62. The van der Waals surface area contributed by atoms with Crippen molar-refractivity contribution in [3.05, 3.63) is 89.5 Å². The van der Waals surface area contributed by atoms with Gasteiger partial charge in [0, 0.05) is 11.3 Å². The number of nitrogens with two attached hydrogens (primary N) is 1. The fraction of sp³-hybridized carbons (Fsp3) is 0.0476. The van der Waals surface area contributed by atoms with Gasteiger partial charge in [0.05, 0.1) is 16.1 Å². The van der Waals surface area contributed by atoms with E-state index in [2.05, 4.69) is 10.0 Å². The van der Waals surface area contributed by atoms with Gasteiger partial charge in [-0.25, -0.2) is 8.42 Å². The third-order valence-electron chi connectivity index (χ3n) is 4.17. The van der Waals surface area contributed by atoms with Crippen LogP contribution in [-0.4, -0.2) is 20.2 Å². The number of aryl methyl sites for hydroxylation is 1. The third-order valence-corrected chi connectivity index (χ3v) is 5.57. The number of hydrogen-bond acceptors (Lipinski definition) is 4. The van der Waals surface area contributed by atoms with Crippen molar-refractivity contribution in [2.24, 2.45) is 5.73 Å². The summed E-state index contributed by atoms with van der Waals surface area (Å²) in [5, 5.41) is 2.63.